The van der Waals surface area contributed by atoms with Crippen molar-refractivity contribution in [1.82, 2.24) is 4.90 Å². The topological polar surface area (TPSA) is 83.6 Å². The van der Waals surface area contributed by atoms with Crippen LogP contribution in [0.2, 0.25) is 0 Å². The highest BCUT2D eigenvalue weighted by Gasteiger charge is 2.34. The number of nitrogens with one attached hydrogen (secondary N) is 1. The molecule has 0 spiro atoms. The second-order valence-corrected chi connectivity index (χ2v) is 9.61. The molecule has 0 bridgehead atoms. The number of sulfone groups is 1. The van der Waals surface area contributed by atoms with Crippen LogP contribution in [0.4, 0.5) is 5.69 Å². The number of carbonyl (C=O) groups is 2. The summed E-state index contributed by atoms with van der Waals surface area (Å²) in [5.41, 5.74) is 0.708. The minimum Gasteiger partial charge on any atom is -0.341 e. The molecular formula is C16H22N2O4S2. The molecule has 0 aromatic heterocycles. The first-order valence-electron chi connectivity index (χ1n) is 7.69. The molecule has 2 rings (SSSR count). The Bertz CT molecular complexity index is 716. The van der Waals surface area contributed by atoms with Gasteiger partial charge in [-0.3, -0.25) is 9.59 Å². The lowest BCUT2D eigenvalue weighted by Gasteiger charge is -2.26. The molecule has 8 heteroatoms. The van der Waals surface area contributed by atoms with Crippen LogP contribution in [0.25, 0.3) is 0 Å². The van der Waals surface area contributed by atoms with Gasteiger partial charge in [0.15, 0.2) is 9.84 Å². The highest BCUT2D eigenvalue weighted by Crippen LogP contribution is 2.27. The van der Waals surface area contributed by atoms with Crippen molar-refractivity contribution in [3.8, 4) is 0 Å². The van der Waals surface area contributed by atoms with Crippen LogP contribution in [-0.4, -0.2) is 55.0 Å². The first kappa shape index (κ1) is 18.8. The van der Waals surface area contributed by atoms with E-state index in [9.17, 15) is 18.0 Å². The summed E-state index contributed by atoms with van der Waals surface area (Å²) in [5, 5.41) is 2.38. The Morgan fingerprint density at radius 2 is 1.92 bits per heavy atom. The predicted molar refractivity (Wildman–Crippen MR) is 95.9 cm³/mol. The van der Waals surface area contributed by atoms with Crippen LogP contribution >= 0.6 is 11.8 Å². The third-order valence-electron chi connectivity index (χ3n) is 3.94. The molecule has 6 nitrogen and oxygen atoms in total. The summed E-state index contributed by atoms with van der Waals surface area (Å²) in [6.07, 6.45) is 0.507. The third kappa shape index (κ3) is 4.98. The highest BCUT2D eigenvalue weighted by atomic mass is 32.2. The van der Waals surface area contributed by atoms with E-state index in [-0.39, 0.29) is 34.6 Å². The predicted octanol–water partition coefficient (Wildman–Crippen LogP) is 1.77. The second-order valence-electron chi connectivity index (χ2n) is 5.97. The summed E-state index contributed by atoms with van der Waals surface area (Å²) in [5.74, 6) is -0.000417. The summed E-state index contributed by atoms with van der Waals surface area (Å²) in [4.78, 5) is 26.0. The largest absolute Gasteiger partial charge is 0.341 e. The number of rotatable bonds is 5. The lowest BCUT2D eigenvalue weighted by molar-refractivity contribution is -0.130. The first-order valence-corrected chi connectivity index (χ1v) is 10.4. The van der Waals surface area contributed by atoms with Crippen molar-refractivity contribution < 1.29 is 18.0 Å². The average Bonchev–Trinajstić information content (AvgIpc) is 2.87. The molecule has 1 saturated heterocycles. The van der Waals surface area contributed by atoms with Gasteiger partial charge in [-0.2, -0.15) is 0 Å². The Morgan fingerprint density at radius 1 is 1.29 bits per heavy atom. The van der Waals surface area contributed by atoms with Crippen LogP contribution in [0.5, 0.6) is 0 Å². The van der Waals surface area contributed by atoms with Gasteiger partial charge in [-0.05, 0) is 37.6 Å². The SMILES string of the molecule is CC(=O)Nc1ccc(S[C@H](C)C(=O)N(C)[C@H]2CCS(=O)(=O)C2)cc1. The van der Waals surface area contributed by atoms with Gasteiger partial charge in [0.05, 0.1) is 16.8 Å². The van der Waals surface area contributed by atoms with Gasteiger partial charge in [-0.15, -0.1) is 11.8 Å². The summed E-state index contributed by atoms with van der Waals surface area (Å²) in [7, 11) is -1.34. The van der Waals surface area contributed by atoms with E-state index in [0.29, 0.717) is 12.1 Å². The third-order valence-corrected chi connectivity index (χ3v) is 6.79. The van der Waals surface area contributed by atoms with Gasteiger partial charge in [-0.25, -0.2) is 8.42 Å². The lowest BCUT2D eigenvalue weighted by atomic mass is 10.2. The van der Waals surface area contributed by atoms with Crippen molar-refractivity contribution in [2.24, 2.45) is 0 Å². The van der Waals surface area contributed by atoms with Crippen LogP contribution in [0.15, 0.2) is 29.2 Å². The number of carbonyl (C=O) groups excluding carboxylic acids is 2. The molecule has 0 unspecified atom stereocenters. The molecule has 132 valence electrons. The van der Waals surface area contributed by atoms with E-state index in [4.69, 9.17) is 0 Å². The minimum absolute atomic E-state index is 0.0536. The maximum absolute atomic E-state index is 12.5. The quantitative estimate of drug-likeness (QED) is 0.799. The van der Waals surface area contributed by atoms with Gasteiger partial charge in [-0.1, -0.05) is 0 Å². The molecule has 1 fully saturated rings. The van der Waals surface area contributed by atoms with Crippen molar-refractivity contribution in [3.63, 3.8) is 0 Å². The van der Waals surface area contributed by atoms with Gasteiger partial charge in [0.1, 0.15) is 0 Å². The van der Waals surface area contributed by atoms with Gasteiger partial charge in [0.25, 0.3) is 0 Å². The van der Waals surface area contributed by atoms with Crippen LogP contribution in [-0.2, 0) is 19.4 Å². The normalized spacial score (nSPS) is 20.4. The Morgan fingerprint density at radius 3 is 2.42 bits per heavy atom. The minimum atomic E-state index is -3.01. The number of benzene rings is 1. The van der Waals surface area contributed by atoms with Crippen LogP contribution in [0.3, 0.4) is 0 Å². The standard InChI is InChI=1S/C16H22N2O4S2/c1-11(16(20)18(3)14-8-9-24(21,22)10-14)23-15-6-4-13(5-7-15)17-12(2)19/h4-7,11,14H,8-10H2,1-3H3,(H,17,19)/t11-,14+/m1/s1. The van der Waals surface area contributed by atoms with E-state index in [1.54, 1.807) is 24.1 Å². The number of nitrogens with zero attached hydrogens (tertiary/aromatic N) is 1. The fraction of sp³-hybridized carbons (Fsp3) is 0.500. The summed E-state index contributed by atoms with van der Waals surface area (Å²) in [6, 6.07) is 7.04. The molecule has 1 aromatic carbocycles. The maximum atomic E-state index is 12.5. The van der Waals surface area contributed by atoms with Crippen molar-refractivity contribution in [1.29, 1.82) is 0 Å². The fourth-order valence-corrected chi connectivity index (χ4v) is 5.37. The Kier molecular flexibility index (Phi) is 5.92. The van der Waals surface area contributed by atoms with E-state index < -0.39 is 9.84 Å². The van der Waals surface area contributed by atoms with E-state index in [1.807, 2.05) is 19.1 Å². The number of hydrogen-bond acceptors (Lipinski definition) is 5. The Balaban J connectivity index is 1.94. The molecule has 1 heterocycles. The first-order chi connectivity index (χ1) is 11.2. The zero-order valence-corrected chi connectivity index (χ0v) is 15.6. The molecule has 1 N–H and O–H groups in total. The number of thioether (sulfide) groups is 1. The molecule has 1 aliphatic rings. The number of anilines is 1. The van der Waals surface area contributed by atoms with Crippen LogP contribution in [0.1, 0.15) is 20.3 Å². The molecule has 0 radical (unpaired) electrons. The van der Waals surface area contributed by atoms with Crippen LogP contribution < -0.4 is 5.32 Å². The monoisotopic (exact) mass is 370 g/mol. The fourth-order valence-electron chi connectivity index (χ4n) is 2.62. The average molecular weight is 370 g/mol. The van der Waals surface area contributed by atoms with E-state index >= 15 is 0 Å². The van der Waals surface area contributed by atoms with Gasteiger partial charge in [0, 0.05) is 30.6 Å². The zero-order chi connectivity index (χ0) is 17.9. The van der Waals surface area contributed by atoms with Crippen molar-refractivity contribution >= 4 is 39.1 Å². The van der Waals surface area contributed by atoms with Crippen molar-refractivity contribution in [3.05, 3.63) is 24.3 Å². The summed E-state index contributed by atoms with van der Waals surface area (Å²) < 4.78 is 23.1. The second kappa shape index (κ2) is 7.57. The van der Waals surface area contributed by atoms with Gasteiger partial charge >= 0.3 is 0 Å². The zero-order valence-electron chi connectivity index (χ0n) is 14.0. The Hall–Kier alpha value is -1.54. The molecule has 2 amide bonds. The summed E-state index contributed by atoms with van der Waals surface area (Å²) >= 11 is 1.41. The molecule has 1 aromatic rings. The van der Waals surface area contributed by atoms with Gasteiger partial charge < -0.3 is 10.2 Å². The number of hydrogen-bond donors (Lipinski definition) is 1. The smallest absolute Gasteiger partial charge is 0.235 e. The molecular weight excluding hydrogens is 348 g/mol. The van der Waals surface area contributed by atoms with Crippen molar-refractivity contribution in [2.75, 3.05) is 23.9 Å². The van der Waals surface area contributed by atoms with E-state index in [1.165, 1.54) is 18.7 Å². The molecule has 24 heavy (non-hydrogen) atoms. The molecule has 0 saturated carbocycles. The number of amides is 2. The molecule has 0 aliphatic carbocycles. The Labute approximate surface area is 146 Å². The lowest BCUT2D eigenvalue weighted by Crippen LogP contribution is -2.41. The van der Waals surface area contributed by atoms with Crippen LogP contribution in [0, 0.1) is 0 Å². The molecule has 1 aliphatic heterocycles. The molecule has 2 atom stereocenters. The highest BCUT2D eigenvalue weighted by molar-refractivity contribution is 8.00. The van der Waals surface area contributed by atoms with E-state index in [0.717, 1.165) is 4.90 Å². The summed E-state index contributed by atoms with van der Waals surface area (Å²) in [6.45, 7) is 3.26. The van der Waals surface area contributed by atoms with E-state index in [2.05, 4.69) is 5.32 Å². The maximum Gasteiger partial charge on any atom is 0.235 e. The van der Waals surface area contributed by atoms with Gasteiger partial charge in [0.2, 0.25) is 11.8 Å². The van der Waals surface area contributed by atoms with Crippen molar-refractivity contribution in [2.45, 2.75) is 36.5 Å².